The highest BCUT2D eigenvalue weighted by Crippen LogP contribution is 2.38. The van der Waals surface area contributed by atoms with Crippen molar-refractivity contribution in [1.29, 1.82) is 0 Å². The lowest BCUT2D eigenvalue weighted by Gasteiger charge is -2.26. The van der Waals surface area contributed by atoms with Gasteiger partial charge in [0.05, 0.1) is 23.4 Å². The van der Waals surface area contributed by atoms with Gasteiger partial charge in [-0.25, -0.2) is 9.69 Å². The number of barbiturate groups is 1. The van der Waals surface area contributed by atoms with E-state index in [1.165, 1.54) is 13.2 Å². The lowest BCUT2D eigenvalue weighted by atomic mass is 10.1. The number of carbonyl (C=O) groups excluding carboxylic acids is 3. The predicted octanol–water partition coefficient (Wildman–Crippen LogP) is 4.47. The van der Waals surface area contributed by atoms with Gasteiger partial charge in [-0.3, -0.25) is 14.9 Å². The maximum atomic E-state index is 13.1. The fourth-order valence-corrected chi connectivity index (χ4v) is 3.67. The van der Waals surface area contributed by atoms with Crippen LogP contribution in [0.4, 0.5) is 10.5 Å². The van der Waals surface area contributed by atoms with Gasteiger partial charge >= 0.3 is 6.03 Å². The molecule has 1 heterocycles. The van der Waals surface area contributed by atoms with Gasteiger partial charge in [-0.05, 0) is 77.7 Å². The van der Waals surface area contributed by atoms with E-state index in [2.05, 4.69) is 21.2 Å². The molecule has 0 spiro atoms. The number of imide groups is 2. The first-order chi connectivity index (χ1) is 14.7. The number of methoxy groups -OCH3 is 1. The Kier molecular flexibility index (Phi) is 6.80. The Morgan fingerprint density at radius 3 is 2.39 bits per heavy atom. The molecule has 2 aromatic rings. The molecule has 0 bridgehead atoms. The second-order valence-corrected chi connectivity index (χ2v) is 8.03. The van der Waals surface area contributed by atoms with Gasteiger partial charge in [0.2, 0.25) is 0 Å². The topological polar surface area (TPSA) is 84.9 Å². The smallest absolute Gasteiger partial charge is 0.335 e. The Hall–Kier alpha value is -3.13. The van der Waals surface area contributed by atoms with Crippen molar-refractivity contribution in [2.24, 2.45) is 0 Å². The van der Waals surface area contributed by atoms with Crippen molar-refractivity contribution in [3.05, 3.63) is 57.6 Å². The standard InChI is InChI=1S/C23H23BrN2O5/c1-5-14-6-8-16(9-7-14)26-22(28)17(21(27)25-23(26)29)10-15-11-18(24)20(31-13(2)3)19(12-15)30-4/h6-13H,5H2,1-4H3,(H,25,27,29)/b17-10+. The summed E-state index contributed by atoms with van der Waals surface area (Å²) >= 11 is 3.45. The number of carbonyl (C=O) groups is 3. The molecule has 1 saturated heterocycles. The molecule has 8 heteroatoms. The van der Waals surface area contributed by atoms with Crippen molar-refractivity contribution in [2.75, 3.05) is 12.0 Å². The van der Waals surface area contributed by atoms with Crippen molar-refractivity contribution >= 4 is 45.5 Å². The minimum absolute atomic E-state index is 0.0706. The average Bonchev–Trinajstić information content (AvgIpc) is 2.72. The number of hydrogen-bond acceptors (Lipinski definition) is 5. The summed E-state index contributed by atoms with van der Waals surface area (Å²) in [6.45, 7) is 5.80. The molecule has 4 amide bonds. The van der Waals surface area contributed by atoms with Crippen molar-refractivity contribution in [3.8, 4) is 11.5 Å². The van der Waals surface area contributed by atoms with E-state index in [9.17, 15) is 14.4 Å². The van der Waals surface area contributed by atoms with Crippen LogP contribution in [0.3, 0.4) is 0 Å². The molecule has 1 aliphatic heterocycles. The fourth-order valence-electron chi connectivity index (χ4n) is 3.11. The average molecular weight is 487 g/mol. The molecule has 1 aliphatic rings. The first-order valence-corrected chi connectivity index (χ1v) is 10.6. The molecule has 162 valence electrons. The molecule has 0 radical (unpaired) electrons. The van der Waals surface area contributed by atoms with Gasteiger partial charge in [0.25, 0.3) is 11.8 Å². The normalized spacial score (nSPS) is 15.5. The first-order valence-electron chi connectivity index (χ1n) is 9.79. The molecule has 7 nitrogen and oxygen atoms in total. The maximum Gasteiger partial charge on any atom is 0.335 e. The van der Waals surface area contributed by atoms with Crippen LogP contribution in [0, 0.1) is 0 Å². The van der Waals surface area contributed by atoms with E-state index in [0.29, 0.717) is 27.2 Å². The van der Waals surface area contributed by atoms with Crippen LogP contribution >= 0.6 is 15.9 Å². The number of rotatable bonds is 6. The van der Waals surface area contributed by atoms with E-state index in [4.69, 9.17) is 9.47 Å². The SMILES string of the molecule is CCc1ccc(N2C(=O)NC(=O)/C(=C\c3cc(Br)c(OC(C)C)c(OC)c3)C2=O)cc1. The second-order valence-electron chi connectivity index (χ2n) is 7.18. The van der Waals surface area contributed by atoms with Crippen LogP contribution in [-0.4, -0.2) is 31.1 Å². The number of benzene rings is 2. The van der Waals surface area contributed by atoms with Crippen LogP contribution in [0.2, 0.25) is 0 Å². The molecular formula is C23H23BrN2O5. The van der Waals surface area contributed by atoms with E-state index >= 15 is 0 Å². The molecule has 2 aromatic carbocycles. The van der Waals surface area contributed by atoms with Crippen molar-refractivity contribution in [1.82, 2.24) is 5.32 Å². The van der Waals surface area contributed by atoms with Crippen molar-refractivity contribution < 1.29 is 23.9 Å². The third-order valence-electron chi connectivity index (χ3n) is 4.62. The molecule has 31 heavy (non-hydrogen) atoms. The zero-order chi connectivity index (χ0) is 22.7. The zero-order valence-corrected chi connectivity index (χ0v) is 19.3. The van der Waals surface area contributed by atoms with Crippen LogP contribution < -0.4 is 19.7 Å². The van der Waals surface area contributed by atoms with E-state index in [-0.39, 0.29) is 11.7 Å². The van der Waals surface area contributed by atoms with Crippen molar-refractivity contribution in [3.63, 3.8) is 0 Å². The Bertz CT molecular complexity index is 1060. The second kappa shape index (κ2) is 9.34. The van der Waals surface area contributed by atoms with Gasteiger partial charge in [-0.1, -0.05) is 19.1 Å². The number of nitrogens with one attached hydrogen (secondary N) is 1. The summed E-state index contributed by atoms with van der Waals surface area (Å²) in [5.74, 6) is -0.488. The summed E-state index contributed by atoms with van der Waals surface area (Å²) in [5.41, 5.74) is 1.83. The molecular weight excluding hydrogens is 464 g/mol. The summed E-state index contributed by atoms with van der Waals surface area (Å²) in [7, 11) is 1.50. The minimum atomic E-state index is -0.782. The summed E-state index contributed by atoms with van der Waals surface area (Å²) < 4.78 is 11.8. The number of nitrogens with zero attached hydrogens (tertiary/aromatic N) is 1. The van der Waals surface area contributed by atoms with E-state index < -0.39 is 17.8 Å². The molecule has 0 aliphatic carbocycles. The van der Waals surface area contributed by atoms with E-state index in [0.717, 1.165) is 16.9 Å². The number of urea groups is 1. The third-order valence-corrected chi connectivity index (χ3v) is 5.21. The molecule has 0 atom stereocenters. The van der Waals surface area contributed by atoms with E-state index in [1.54, 1.807) is 24.3 Å². The highest BCUT2D eigenvalue weighted by molar-refractivity contribution is 9.10. The summed E-state index contributed by atoms with van der Waals surface area (Å²) in [6.07, 6.45) is 2.18. The van der Waals surface area contributed by atoms with Crippen molar-refractivity contribution in [2.45, 2.75) is 33.3 Å². The number of anilines is 1. The molecule has 3 rings (SSSR count). The van der Waals surface area contributed by atoms with Gasteiger partial charge in [0, 0.05) is 0 Å². The number of halogens is 1. The first kappa shape index (κ1) is 22.6. The maximum absolute atomic E-state index is 13.1. The monoisotopic (exact) mass is 486 g/mol. The molecule has 0 saturated carbocycles. The minimum Gasteiger partial charge on any atom is -0.493 e. The number of hydrogen-bond donors (Lipinski definition) is 1. The van der Waals surface area contributed by atoms with Crippen LogP contribution in [0.15, 0.2) is 46.4 Å². The van der Waals surface area contributed by atoms with Crippen LogP contribution in [0.5, 0.6) is 11.5 Å². The summed E-state index contributed by atoms with van der Waals surface area (Å²) in [4.78, 5) is 38.8. The predicted molar refractivity (Wildman–Crippen MR) is 121 cm³/mol. The van der Waals surface area contributed by atoms with Gasteiger partial charge in [0.1, 0.15) is 5.57 Å². The largest absolute Gasteiger partial charge is 0.493 e. The Morgan fingerprint density at radius 1 is 1.13 bits per heavy atom. The molecule has 1 fully saturated rings. The van der Waals surface area contributed by atoms with Gasteiger partial charge in [0.15, 0.2) is 11.5 Å². The highest BCUT2D eigenvalue weighted by Gasteiger charge is 2.36. The van der Waals surface area contributed by atoms with Crippen LogP contribution in [0.25, 0.3) is 6.08 Å². The number of amides is 4. The molecule has 0 aromatic heterocycles. The van der Waals surface area contributed by atoms with Crippen LogP contribution in [0.1, 0.15) is 31.9 Å². The Morgan fingerprint density at radius 2 is 1.81 bits per heavy atom. The van der Waals surface area contributed by atoms with Crippen LogP contribution in [-0.2, 0) is 16.0 Å². The third kappa shape index (κ3) is 4.80. The molecule has 0 unspecified atom stereocenters. The Balaban J connectivity index is 2.00. The lowest BCUT2D eigenvalue weighted by Crippen LogP contribution is -2.54. The summed E-state index contributed by atoms with van der Waals surface area (Å²) in [6, 6.07) is 9.63. The summed E-state index contributed by atoms with van der Waals surface area (Å²) in [5, 5.41) is 2.23. The highest BCUT2D eigenvalue weighted by atomic mass is 79.9. The fraction of sp³-hybridized carbons (Fsp3) is 0.261. The molecule has 1 N–H and O–H groups in total. The van der Waals surface area contributed by atoms with E-state index in [1.807, 2.05) is 32.9 Å². The van der Waals surface area contributed by atoms with Gasteiger partial charge in [-0.15, -0.1) is 0 Å². The Labute approximate surface area is 189 Å². The zero-order valence-electron chi connectivity index (χ0n) is 17.7. The number of ether oxygens (including phenoxy) is 2. The quantitative estimate of drug-likeness (QED) is 0.480. The van der Waals surface area contributed by atoms with Gasteiger partial charge < -0.3 is 9.47 Å². The number of aryl methyl sites for hydroxylation is 1. The van der Waals surface area contributed by atoms with Gasteiger partial charge in [-0.2, -0.15) is 0 Å². The lowest BCUT2D eigenvalue weighted by molar-refractivity contribution is -0.122.